The minimum Gasteiger partial charge on any atom is -0.328 e. The zero-order valence-corrected chi connectivity index (χ0v) is 24.3. The van der Waals surface area contributed by atoms with Gasteiger partial charge in [-0.05, 0) is 71.6 Å². The summed E-state index contributed by atoms with van der Waals surface area (Å²) in [6, 6.07) is 28.2. The van der Waals surface area contributed by atoms with Gasteiger partial charge in [-0.3, -0.25) is 14.1 Å². The molecule has 0 spiro atoms. The Bertz CT molecular complexity index is 2050. The molecule has 6 rings (SSSR count). The van der Waals surface area contributed by atoms with Crippen molar-refractivity contribution in [2.24, 2.45) is 0 Å². The summed E-state index contributed by atoms with van der Waals surface area (Å²) in [5.41, 5.74) is 3.30. The van der Waals surface area contributed by atoms with E-state index in [0.717, 1.165) is 15.6 Å². The molecule has 0 unspecified atom stereocenters. The second kappa shape index (κ2) is 11.9. The molecule has 3 aromatic carbocycles. The molecule has 1 N–H and O–H groups in total. The van der Waals surface area contributed by atoms with Gasteiger partial charge in [-0.2, -0.15) is 5.26 Å². The highest BCUT2D eigenvalue weighted by molar-refractivity contribution is 7.92. The number of sulfonamides is 1. The molecule has 9 nitrogen and oxygen atoms in total. The highest BCUT2D eigenvalue weighted by Gasteiger charge is 2.27. The van der Waals surface area contributed by atoms with Crippen LogP contribution in [-0.4, -0.2) is 28.9 Å². The average Bonchev–Trinajstić information content (AvgIpc) is 3.67. The number of nitrogens with zero attached hydrogens (tertiary/aromatic N) is 5. The summed E-state index contributed by atoms with van der Waals surface area (Å²) in [5, 5.41) is 12.7. The molecule has 11 heteroatoms. The first-order valence-corrected chi connectivity index (χ1v) is 15.5. The number of hydrogen-bond acceptors (Lipinski definition) is 7. The lowest BCUT2D eigenvalue weighted by atomic mass is 10.1. The van der Waals surface area contributed by atoms with Crippen LogP contribution in [0, 0.1) is 11.3 Å². The molecule has 0 radical (unpaired) electrons. The van der Waals surface area contributed by atoms with Gasteiger partial charge < -0.3 is 9.88 Å². The van der Waals surface area contributed by atoms with Crippen LogP contribution in [-0.2, 0) is 23.1 Å². The third-order valence-corrected chi connectivity index (χ3v) is 9.72. The van der Waals surface area contributed by atoms with Gasteiger partial charge in [-0.15, -0.1) is 11.3 Å². The summed E-state index contributed by atoms with van der Waals surface area (Å²) < 4.78 is 32.2. The fraction of sp³-hybridized carbons (Fsp3) is 0.0625. The Morgan fingerprint density at radius 3 is 2.47 bits per heavy atom. The lowest BCUT2D eigenvalue weighted by Gasteiger charge is -2.25. The van der Waals surface area contributed by atoms with Gasteiger partial charge in [0.25, 0.3) is 15.9 Å². The van der Waals surface area contributed by atoms with E-state index in [9.17, 15) is 13.2 Å². The molecule has 0 bridgehead atoms. The number of hydrogen-bond donors (Lipinski definition) is 1. The second-order valence-electron chi connectivity index (χ2n) is 9.67. The second-order valence-corrected chi connectivity index (χ2v) is 12.6. The van der Waals surface area contributed by atoms with Gasteiger partial charge >= 0.3 is 0 Å². The van der Waals surface area contributed by atoms with E-state index < -0.39 is 10.0 Å². The Hall–Kier alpha value is -5.31. The Morgan fingerprint density at radius 2 is 1.72 bits per heavy atom. The highest BCUT2D eigenvalue weighted by Crippen LogP contribution is 2.33. The minimum atomic E-state index is -3.97. The first-order valence-electron chi connectivity index (χ1n) is 13.2. The van der Waals surface area contributed by atoms with E-state index >= 15 is 0 Å². The average molecular weight is 605 g/mol. The number of aromatic nitrogens is 3. The third kappa shape index (κ3) is 6.01. The van der Waals surface area contributed by atoms with Crippen molar-refractivity contribution in [3.63, 3.8) is 0 Å². The Labute approximate surface area is 252 Å². The van der Waals surface area contributed by atoms with Crippen LogP contribution in [0.5, 0.6) is 0 Å². The number of benzene rings is 3. The largest absolute Gasteiger partial charge is 0.328 e. The lowest BCUT2D eigenvalue weighted by Crippen LogP contribution is -2.31. The van der Waals surface area contributed by atoms with Crippen LogP contribution >= 0.6 is 11.3 Å². The van der Waals surface area contributed by atoms with Crippen LogP contribution < -0.4 is 9.62 Å². The Morgan fingerprint density at radius 1 is 0.953 bits per heavy atom. The summed E-state index contributed by atoms with van der Waals surface area (Å²) >= 11 is 1.33. The SMILES string of the molecule is N#Cc1ccc(Cn2cncc2CN(c2ccc3sc(C(=O)Nc4ccncc4)cc3c2)S(=O)(=O)c2ccccc2)cc1. The van der Waals surface area contributed by atoms with E-state index in [1.165, 1.54) is 15.6 Å². The van der Waals surface area contributed by atoms with Gasteiger partial charge in [0.05, 0.1) is 45.7 Å². The van der Waals surface area contributed by atoms with Crippen LogP contribution in [0.1, 0.15) is 26.5 Å². The van der Waals surface area contributed by atoms with Gasteiger partial charge in [-0.25, -0.2) is 13.4 Å². The number of carbonyl (C=O) groups is 1. The van der Waals surface area contributed by atoms with E-state index in [0.29, 0.717) is 34.1 Å². The molecule has 6 aromatic rings. The number of fused-ring (bicyclic) bond motifs is 1. The monoisotopic (exact) mass is 604 g/mol. The molecule has 0 saturated heterocycles. The Kier molecular flexibility index (Phi) is 7.70. The maximum atomic E-state index is 14.1. The number of carbonyl (C=O) groups excluding carboxylic acids is 1. The zero-order chi connectivity index (χ0) is 29.8. The molecule has 212 valence electrons. The first-order chi connectivity index (χ1) is 20.9. The predicted octanol–water partition coefficient (Wildman–Crippen LogP) is 6.06. The number of pyridine rings is 1. The molecule has 0 atom stereocenters. The van der Waals surface area contributed by atoms with E-state index in [4.69, 9.17) is 5.26 Å². The molecule has 0 fully saturated rings. The molecule has 43 heavy (non-hydrogen) atoms. The van der Waals surface area contributed by atoms with E-state index in [2.05, 4.69) is 21.4 Å². The zero-order valence-electron chi connectivity index (χ0n) is 22.7. The maximum absolute atomic E-state index is 14.1. The normalized spacial score (nSPS) is 11.2. The van der Waals surface area contributed by atoms with Crippen molar-refractivity contribution < 1.29 is 13.2 Å². The Balaban J connectivity index is 1.34. The fourth-order valence-corrected chi connectivity index (χ4v) is 7.00. The van der Waals surface area contributed by atoms with Crippen LogP contribution in [0.25, 0.3) is 10.1 Å². The fourth-order valence-electron chi connectivity index (χ4n) is 4.61. The van der Waals surface area contributed by atoms with Crippen molar-refractivity contribution in [1.29, 1.82) is 5.26 Å². The first kappa shape index (κ1) is 27.8. The molecule has 3 heterocycles. The quantitative estimate of drug-likeness (QED) is 0.214. The van der Waals surface area contributed by atoms with Crippen molar-refractivity contribution in [3.05, 3.63) is 138 Å². The maximum Gasteiger partial charge on any atom is 0.265 e. The minimum absolute atomic E-state index is 0.0263. The predicted molar refractivity (Wildman–Crippen MR) is 166 cm³/mol. The molecule has 0 aliphatic carbocycles. The number of nitriles is 1. The standard InChI is InChI=1S/C32H24N6O3S2/c33-18-23-6-8-24(9-7-23)20-37-22-35-19-28(37)21-38(43(40,41)29-4-2-1-3-5-29)27-10-11-30-25(16-27)17-31(42-30)32(39)36-26-12-14-34-15-13-26/h1-17,19,22H,20-21H2,(H,34,36,39). The topological polar surface area (TPSA) is 121 Å². The summed E-state index contributed by atoms with van der Waals surface area (Å²) in [5.74, 6) is -0.255. The molecule has 1 amide bonds. The lowest BCUT2D eigenvalue weighted by molar-refractivity contribution is 0.103. The van der Waals surface area contributed by atoms with Crippen molar-refractivity contribution >= 4 is 48.7 Å². The van der Waals surface area contributed by atoms with E-state index in [1.54, 1.807) is 97.7 Å². The number of imidazole rings is 1. The van der Waals surface area contributed by atoms with Crippen LogP contribution in [0.3, 0.4) is 0 Å². The van der Waals surface area contributed by atoms with Gasteiger partial charge in [0, 0.05) is 35.5 Å². The van der Waals surface area contributed by atoms with Gasteiger partial charge in [0.2, 0.25) is 0 Å². The number of anilines is 2. The van der Waals surface area contributed by atoms with Crippen LogP contribution in [0.2, 0.25) is 0 Å². The number of nitrogens with one attached hydrogen (secondary N) is 1. The van der Waals surface area contributed by atoms with Crippen molar-refractivity contribution in [2.75, 3.05) is 9.62 Å². The molecule has 0 aliphatic heterocycles. The van der Waals surface area contributed by atoms with E-state index in [1.807, 2.05) is 22.8 Å². The smallest absolute Gasteiger partial charge is 0.265 e. The molecule has 3 aromatic heterocycles. The van der Waals surface area contributed by atoms with Gasteiger partial charge in [-0.1, -0.05) is 30.3 Å². The number of rotatable bonds is 9. The summed E-state index contributed by atoms with van der Waals surface area (Å²) in [6.45, 7) is 0.484. The van der Waals surface area contributed by atoms with Crippen LogP contribution in [0.4, 0.5) is 11.4 Å². The number of thiophene rings is 1. The van der Waals surface area contributed by atoms with Crippen molar-refractivity contribution in [3.8, 4) is 6.07 Å². The summed E-state index contributed by atoms with van der Waals surface area (Å²) in [4.78, 5) is 21.9. The summed E-state index contributed by atoms with van der Waals surface area (Å²) in [6.07, 6.45) is 6.52. The molecule has 0 saturated carbocycles. The van der Waals surface area contributed by atoms with E-state index in [-0.39, 0.29) is 17.3 Å². The molecular formula is C32H24N6O3S2. The molecule has 0 aliphatic rings. The third-order valence-electron chi connectivity index (χ3n) is 6.82. The summed E-state index contributed by atoms with van der Waals surface area (Å²) in [7, 11) is -3.97. The van der Waals surface area contributed by atoms with Gasteiger partial charge in [0.1, 0.15) is 0 Å². The number of amides is 1. The molecular weight excluding hydrogens is 581 g/mol. The van der Waals surface area contributed by atoms with Crippen molar-refractivity contribution in [2.45, 2.75) is 18.0 Å². The van der Waals surface area contributed by atoms with Crippen molar-refractivity contribution in [1.82, 2.24) is 14.5 Å². The van der Waals surface area contributed by atoms with Gasteiger partial charge in [0.15, 0.2) is 0 Å². The van der Waals surface area contributed by atoms with Crippen LogP contribution in [0.15, 0.2) is 121 Å². The highest BCUT2D eigenvalue weighted by atomic mass is 32.2.